The Balaban J connectivity index is 1.35. The summed E-state index contributed by atoms with van der Waals surface area (Å²) in [5.41, 5.74) is 1.90. The minimum atomic E-state index is -0.628. The zero-order valence-electron chi connectivity index (χ0n) is 19.3. The van der Waals surface area contributed by atoms with Gasteiger partial charge in [0.1, 0.15) is 12.6 Å². The number of rotatable bonds is 5. The number of esters is 1. The molecular weight excluding hydrogens is 458 g/mol. The van der Waals surface area contributed by atoms with Gasteiger partial charge in [0.05, 0.1) is 12.1 Å². The number of nitrogens with zero attached hydrogens (tertiary/aromatic N) is 4. The van der Waals surface area contributed by atoms with Gasteiger partial charge in [-0.05, 0) is 50.5 Å². The second-order valence-corrected chi connectivity index (χ2v) is 8.96. The predicted octanol–water partition coefficient (Wildman–Crippen LogP) is 2.66. The van der Waals surface area contributed by atoms with Crippen molar-refractivity contribution < 1.29 is 19.1 Å². The topological polar surface area (TPSA) is 95.1 Å². The Bertz CT molecular complexity index is 1060. The highest BCUT2D eigenvalue weighted by Crippen LogP contribution is 2.28. The molecule has 1 N–H and O–H groups in total. The van der Waals surface area contributed by atoms with E-state index in [-0.39, 0.29) is 25.1 Å². The number of amides is 3. The van der Waals surface area contributed by atoms with Gasteiger partial charge in [0.25, 0.3) is 0 Å². The van der Waals surface area contributed by atoms with Crippen molar-refractivity contribution in [1.82, 2.24) is 20.1 Å². The summed E-state index contributed by atoms with van der Waals surface area (Å²) in [6.07, 6.45) is 3.94. The molecule has 9 nitrogen and oxygen atoms in total. The van der Waals surface area contributed by atoms with Crippen molar-refractivity contribution in [2.24, 2.45) is 0 Å². The average molecular weight is 488 g/mol. The molecule has 2 aliphatic rings. The first-order valence-electron chi connectivity index (χ1n) is 11.8. The highest BCUT2D eigenvalue weighted by Gasteiger charge is 2.31. The van der Waals surface area contributed by atoms with Crippen LogP contribution in [0.15, 0.2) is 30.5 Å². The first kappa shape index (κ1) is 24.1. The van der Waals surface area contributed by atoms with E-state index >= 15 is 0 Å². The van der Waals surface area contributed by atoms with Gasteiger partial charge in [0.2, 0.25) is 5.91 Å². The molecule has 4 rings (SSSR count). The molecule has 0 spiro atoms. The molecule has 3 amide bonds. The standard InChI is InChI=1S/C24H30ClN5O4/c1-2-34-22(31)16-30-10-4-3-5-19(23(30)32)27-24(33)29-13-11-28(12-14-29)21-8-9-26-20-15-17(25)6-7-18(20)21/h6-9,15,19H,2-5,10-14,16H2,1H3,(H,27,33)/t19-/m0/s1. The van der Waals surface area contributed by atoms with Crippen LogP contribution in [0.4, 0.5) is 10.5 Å². The Hall–Kier alpha value is -3.07. The van der Waals surface area contributed by atoms with Crippen molar-refractivity contribution in [2.75, 3.05) is 50.8 Å². The number of piperazine rings is 1. The zero-order valence-corrected chi connectivity index (χ0v) is 20.1. The number of nitrogens with one attached hydrogen (secondary N) is 1. The number of hydrogen-bond acceptors (Lipinski definition) is 6. The van der Waals surface area contributed by atoms with Crippen LogP contribution in [-0.2, 0) is 14.3 Å². The quantitative estimate of drug-likeness (QED) is 0.651. The van der Waals surface area contributed by atoms with Crippen molar-refractivity contribution >= 4 is 46.1 Å². The van der Waals surface area contributed by atoms with Crippen molar-refractivity contribution in [3.8, 4) is 0 Å². The first-order valence-corrected chi connectivity index (χ1v) is 12.1. The summed E-state index contributed by atoms with van der Waals surface area (Å²) in [5.74, 6) is -0.649. The summed E-state index contributed by atoms with van der Waals surface area (Å²) in [7, 11) is 0. The zero-order chi connectivity index (χ0) is 24.1. The predicted molar refractivity (Wildman–Crippen MR) is 130 cm³/mol. The fraction of sp³-hybridized carbons (Fsp3) is 0.500. The SMILES string of the molecule is CCOC(=O)CN1CCCC[C@H](NC(=O)N2CCN(c3ccnc4cc(Cl)ccc34)CC2)C1=O. The van der Waals surface area contributed by atoms with Crippen LogP contribution in [0, 0.1) is 0 Å². The van der Waals surface area contributed by atoms with E-state index in [2.05, 4.69) is 15.2 Å². The lowest BCUT2D eigenvalue weighted by Gasteiger charge is -2.37. The van der Waals surface area contributed by atoms with Gasteiger partial charge < -0.3 is 24.8 Å². The van der Waals surface area contributed by atoms with E-state index in [4.69, 9.17) is 16.3 Å². The van der Waals surface area contributed by atoms with E-state index in [1.165, 1.54) is 4.90 Å². The fourth-order valence-corrected chi connectivity index (χ4v) is 4.70. The number of ether oxygens (including phenoxy) is 1. The summed E-state index contributed by atoms with van der Waals surface area (Å²) < 4.78 is 4.98. The molecule has 3 heterocycles. The van der Waals surface area contributed by atoms with Gasteiger partial charge >= 0.3 is 12.0 Å². The van der Waals surface area contributed by atoms with Gasteiger partial charge in [-0.25, -0.2) is 4.79 Å². The molecule has 34 heavy (non-hydrogen) atoms. The number of pyridine rings is 1. The number of carbonyl (C=O) groups is 3. The highest BCUT2D eigenvalue weighted by molar-refractivity contribution is 6.31. The van der Waals surface area contributed by atoms with E-state index in [1.807, 2.05) is 24.3 Å². The number of anilines is 1. The summed E-state index contributed by atoms with van der Waals surface area (Å²) in [5, 5.41) is 4.57. The van der Waals surface area contributed by atoms with E-state index in [1.54, 1.807) is 18.0 Å². The summed E-state index contributed by atoms with van der Waals surface area (Å²) in [6, 6.07) is 6.78. The van der Waals surface area contributed by atoms with Gasteiger partial charge in [-0.3, -0.25) is 14.6 Å². The van der Waals surface area contributed by atoms with Gasteiger partial charge in [-0.1, -0.05) is 11.6 Å². The third kappa shape index (κ3) is 5.52. The average Bonchev–Trinajstić information content (AvgIpc) is 3.00. The number of fused-ring (bicyclic) bond motifs is 1. The van der Waals surface area contributed by atoms with Crippen molar-refractivity contribution in [1.29, 1.82) is 0 Å². The largest absolute Gasteiger partial charge is 0.465 e. The highest BCUT2D eigenvalue weighted by atomic mass is 35.5. The van der Waals surface area contributed by atoms with Crippen molar-refractivity contribution in [3.05, 3.63) is 35.5 Å². The Morgan fingerprint density at radius 3 is 2.71 bits per heavy atom. The molecule has 0 aliphatic carbocycles. The molecule has 2 aliphatic heterocycles. The van der Waals surface area contributed by atoms with Gasteiger partial charge in [0.15, 0.2) is 0 Å². The lowest BCUT2D eigenvalue weighted by Crippen LogP contribution is -2.56. The molecule has 2 saturated heterocycles. The number of hydrogen-bond donors (Lipinski definition) is 1. The van der Waals surface area contributed by atoms with Crippen LogP contribution in [0.25, 0.3) is 10.9 Å². The molecule has 1 atom stereocenters. The van der Waals surface area contributed by atoms with Gasteiger partial charge in [-0.2, -0.15) is 0 Å². The number of likely N-dealkylation sites (tertiary alicyclic amines) is 1. The Morgan fingerprint density at radius 2 is 1.94 bits per heavy atom. The van der Waals surface area contributed by atoms with E-state index in [9.17, 15) is 14.4 Å². The third-order valence-electron chi connectivity index (χ3n) is 6.29. The molecule has 0 unspecified atom stereocenters. The Kier molecular flexibility index (Phi) is 7.72. The van der Waals surface area contributed by atoms with Crippen molar-refractivity contribution in [2.45, 2.75) is 32.2 Å². The molecule has 1 aromatic heterocycles. The molecule has 0 saturated carbocycles. The normalized spacial score (nSPS) is 19.2. The van der Waals surface area contributed by atoms with Crippen LogP contribution in [0.3, 0.4) is 0 Å². The minimum absolute atomic E-state index is 0.0805. The van der Waals surface area contributed by atoms with Crippen LogP contribution in [0.5, 0.6) is 0 Å². The summed E-state index contributed by atoms with van der Waals surface area (Å²) in [6.45, 7) is 4.84. The molecule has 182 valence electrons. The Labute approximate surface area is 204 Å². The maximum Gasteiger partial charge on any atom is 0.325 e. The van der Waals surface area contributed by atoms with Gasteiger partial charge in [0, 0.05) is 55.0 Å². The van der Waals surface area contributed by atoms with Crippen LogP contribution in [0.2, 0.25) is 5.02 Å². The number of urea groups is 1. The molecule has 2 fully saturated rings. The minimum Gasteiger partial charge on any atom is -0.465 e. The number of halogens is 1. The van der Waals surface area contributed by atoms with Crippen LogP contribution < -0.4 is 10.2 Å². The Morgan fingerprint density at radius 1 is 1.15 bits per heavy atom. The second-order valence-electron chi connectivity index (χ2n) is 8.53. The first-order chi connectivity index (χ1) is 16.5. The monoisotopic (exact) mass is 487 g/mol. The molecule has 2 aromatic rings. The summed E-state index contributed by atoms with van der Waals surface area (Å²) in [4.78, 5) is 47.6. The lowest BCUT2D eigenvalue weighted by atomic mass is 10.1. The fourth-order valence-electron chi connectivity index (χ4n) is 4.53. The maximum atomic E-state index is 13.0. The molecule has 0 radical (unpaired) electrons. The molecule has 0 bridgehead atoms. The maximum absolute atomic E-state index is 13.0. The number of carbonyl (C=O) groups excluding carboxylic acids is 3. The number of benzene rings is 1. The molecule has 1 aromatic carbocycles. The van der Waals surface area contributed by atoms with E-state index in [0.29, 0.717) is 44.2 Å². The van der Waals surface area contributed by atoms with Crippen LogP contribution >= 0.6 is 11.6 Å². The van der Waals surface area contributed by atoms with E-state index in [0.717, 1.165) is 29.4 Å². The molecule has 10 heteroatoms. The summed E-state index contributed by atoms with van der Waals surface area (Å²) >= 11 is 6.10. The van der Waals surface area contributed by atoms with Crippen LogP contribution in [-0.4, -0.2) is 84.6 Å². The van der Waals surface area contributed by atoms with E-state index < -0.39 is 12.0 Å². The van der Waals surface area contributed by atoms with Gasteiger partial charge in [-0.15, -0.1) is 0 Å². The van der Waals surface area contributed by atoms with Crippen LogP contribution in [0.1, 0.15) is 26.2 Å². The second kappa shape index (κ2) is 10.9. The number of aromatic nitrogens is 1. The third-order valence-corrected chi connectivity index (χ3v) is 6.53. The molecular formula is C24H30ClN5O4. The lowest BCUT2D eigenvalue weighted by molar-refractivity contribution is -0.149. The smallest absolute Gasteiger partial charge is 0.325 e. The van der Waals surface area contributed by atoms with Crippen molar-refractivity contribution in [3.63, 3.8) is 0 Å².